The molecule has 3 unspecified atom stereocenters. The summed E-state index contributed by atoms with van der Waals surface area (Å²) in [7, 11) is 1.95. The average Bonchev–Trinajstić information content (AvgIpc) is 3.16. The number of carbonyl (C=O) groups is 1. The van der Waals surface area contributed by atoms with E-state index in [2.05, 4.69) is 15.6 Å². The first-order valence-electron chi connectivity index (χ1n) is 8.24. The van der Waals surface area contributed by atoms with Gasteiger partial charge in [-0.2, -0.15) is 0 Å². The Morgan fingerprint density at radius 1 is 1.46 bits per heavy atom. The van der Waals surface area contributed by atoms with E-state index in [9.17, 15) is 4.79 Å². The van der Waals surface area contributed by atoms with E-state index in [1.54, 1.807) is 6.33 Å². The number of ether oxygens (including phenoxy) is 1. The number of nitrogens with zero attached hydrogens (tertiary/aromatic N) is 2. The minimum atomic E-state index is -0.188. The summed E-state index contributed by atoms with van der Waals surface area (Å²) in [6, 6.07) is 3.48. The van der Waals surface area contributed by atoms with E-state index in [-0.39, 0.29) is 24.2 Å². The fourth-order valence-electron chi connectivity index (χ4n) is 2.99. The number of rotatable bonds is 4. The number of imidazole rings is 1. The molecule has 130 valence electrons. The Balaban J connectivity index is 1.53. The van der Waals surface area contributed by atoms with E-state index in [0.717, 1.165) is 30.1 Å². The number of urea groups is 1. The van der Waals surface area contributed by atoms with Crippen molar-refractivity contribution in [2.24, 2.45) is 7.05 Å². The second-order valence-electron chi connectivity index (χ2n) is 6.30. The molecule has 1 fully saturated rings. The zero-order valence-electron chi connectivity index (χ0n) is 14.3. The molecule has 3 atom stereocenters. The van der Waals surface area contributed by atoms with E-state index >= 15 is 0 Å². The number of amides is 2. The van der Waals surface area contributed by atoms with E-state index in [0.29, 0.717) is 6.61 Å². The van der Waals surface area contributed by atoms with Crippen LogP contribution in [0.5, 0.6) is 0 Å². The van der Waals surface area contributed by atoms with E-state index in [1.165, 1.54) is 0 Å². The van der Waals surface area contributed by atoms with Gasteiger partial charge in [-0.1, -0.05) is 0 Å². The number of nitrogens with one attached hydrogen (secondary N) is 2. The molecule has 7 nitrogen and oxygen atoms in total. The molecule has 7 heteroatoms. The van der Waals surface area contributed by atoms with Crippen LogP contribution in [0.25, 0.3) is 0 Å². The quantitative estimate of drug-likeness (QED) is 0.902. The van der Waals surface area contributed by atoms with Crippen LogP contribution in [-0.2, 0) is 11.8 Å². The zero-order chi connectivity index (χ0) is 17.1. The monoisotopic (exact) mass is 332 g/mol. The predicted octanol–water partition coefficient (Wildman–Crippen LogP) is 2.60. The van der Waals surface area contributed by atoms with Crippen molar-refractivity contribution in [3.05, 3.63) is 41.9 Å². The molecule has 3 rings (SSSR count). The predicted molar refractivity (Wildman–Crippen MR) is 88.5 cm³/mol. The normalized spacial score (nSPS) is 22.1. The van der Waals surface area contributed by atoms with Gasteiger partial charge >= 0.3 is 6.03 Å². The Bertz CT molecular complexity index is 694. The highest BCUT2D eigenvalue weighted by molar-refractivity contribution is 5.74. The Hall–Kier alpha value is -2.28. The molecule has 2 amide bonds. The second kappa shape index (κ2) is 7.09. The van der Waals surface area contributed by atoms with Crippen molar-refractivity contribution in [1.82, 2.24) is 20.2 Å². The summed E-state index contributed by atoms with van der Waals surface area (Å²) < 4.78 is 13.3. The number of hydrogen-bond acceptors (Lipinski definition) is 4. The van der Waals surface area contributed by atoms with Crippen LogP contribution in [0.4, 0.5) is 4.79 Å². The molecule has 0 radical (unpaired) electrons. The van der Waals surface area contributed by atoms with Crippen LogP contribution in [0.1, 0.15) is 49.1 Å². The summed E-state index contributed by atoms with van der Waals surface area (Å²) in [4.78, 5) is 16.4. The topological polar surface area (TPSA) is 81.3 Å². The Morgan fingerprint density at radius 3 is 2.96 bits per heavy atom. The van der Waals surface area contributed by atoms with Gasteiger partial charge in [-0.15, -0.1) is 0 Å². The number of hydrogen-bond donors (Lipinski definition) is 2. The fraction of sp³-hybridized carbons (Fsp3) is 0.529. The molecule has 1 aliphatic heterocycles. The summed E-state index contributed by atoms with van der Waals surface area (Å²) in [5.41, 5.74) is 1.03. The molecule has 1 saturated heterocycles. The lowest BCUT2D eigenvalue weighted by atomic mass is 10.0. The lowest BCUT2D eigenvalue weighted by molar-refractivity contribution is -0.00182. The maximum Gasteiger partial charge on any atom is 0.315 e. The molecule has 0 spiro atoms. The highest BCUT2D eigenvalue weighted by Crippen LogP contribution is 2.27. The summed E-state index contributed by atoms with van der Waals surface area (Å²) in [6.07, 6.45) is 5.07. The second-order valence-corrected chi connectivity index (χ2v) is 6.30. The number of aromatic nitrogens is 2. The third kappa shape index (κ3) is 3.79. The van der Waals surface area contributed by atoms with Crippen LogP contribution in [0.2, 0.25) is 0 Å². The van der Waals surface area contributed by atoms with Crippen LogP contribution in [0, 0.1) is 6.92 Å². The van der Waals surface area contributed by atoms with Crippen molar-refractivity contribution in [1.29, 1.82) is 0 Å². The van der Waals surface area contributed by atoms with Gasteiger partial charge in [-0.3, -0.25) is 0 Å². The maximum absolute atomic E-state index is 12.2. The Morgan fingerprint density at radius 2 is 2.29 bits per heavy atom. The third-order valence-electron chi connectivity index (χ3n) is 4.34. The first-order valence-corrected chi connectivity index (χ1v) is 8.24. The highest BCUT2D eigenvalue weighted by atomic mass is 16.5. The van der Waals surface area contributed by atoms with Gasteiger partial charge in [0.15, 0.2) is 0 Å². The molecule has 0 bridgehead atoms. The highest BCUT2D eigenvalue weighted by Gasteiger charge is 2.27. The smallest absolute Gasteiger partial charge is 0.315 e. The van der Waals surface area contributed by atoms with Gasteiger partial charge in [-0.25, -0.2) is 9.78 Å². The van der Waals surface area contributed by atoms with E-state index in [1.807, 2.05) is 43.8 Å². The minimum Gasteiger partial charge on any atom is -0.464 e. The van der Waals surface area contributed by atoms with Crippen LogP contribution < -0.4 is 10.6 Å². The standard InChI is InChI=1S/C17H24N4O3/c1-11-4-5-15(24-11)12(2)19-17(22)20-13-6-7-23-16(8-13)14-9-18-10-21(14)3/h4-5,9-10,12-13,16H,6-8H2,1-3H3,(H2,19,20,22). The van der Waals surface area contributed by atoms with E-state index < -0.39 is 0 Å². The molecule has 0 saturated carbocycles. The van der Waals surface area contributed by atoms with Crippen LogP contribution >= 0.6 is 0 Å². The van der Waals surface area contributed by atoms with Gasteiger partial charge in [0.05, 0.1) is 24.3 Å². The van der Waals surface area contributed by atoms with Crippen LogP contribution in [0.3, 0.4) is 0 Å². The number of furan rings is 1. The first-order chi connectivity index (χ1) is 11.5. The summed E-state index contributed by atoms with van der Waals surface area (Å²) in [5.74, 6) is 1.59. The third-order valence-corrected chi connectivity index (χ3v) is 4.34. The zero-order valence-corrected chi connectivity index (χ0v) is 14.3. The summed E-state index contributed by atoms with van der Waals surface area (Å²) >= 11 is 0. The molecular formula is C17H24N4O3. The van der Waals surface area contributed by atoms with Crippen molar-refractivity contribution in [2.45, 2.75) is 44.9 Å². The molecule has 2 aromatic heterocycles. The molecule has 1 aliphatic rings. The first kappa shape index (κ1) is 16.6. The van der Waals surface area contributed by atoms with Crippen molar-refractivity contribution in [3.63, 3.8) is 0 Å². The van der Waals surface area contributed by atoms with Crippen molar-refractivity contribution in [3.8, 4) is 0 Å². The Kier molecular flexibility index (Phi) is 4.89. The molecule has 0 aliphatic carbocycles. The van der Waals surface area contributed by atoms with Crippen molar-refractivity contribution >= 4 is 6.03 Å². The van der Waals surface area contributed by atoms with Crippen molar-refractivity contribution < 1.29 is 13.9 Å². The maximum atomic E-state index is 12.2. The molecular weight excluding hydrogens is 308 g/mol. The molecule has 2 N–H and O–H groups in total. The SMILES string of the molecule is Cc1ccc(C(C)NC(=O)NC2CCOC(c3cncn3C)C2)o1. The lowest BCUT2D eigenvalue weighted by Crippen LogP contribution is -2.45. The van der Waals surface area contributed by atoms with Gasteiger partial charge in [-0.05, 0) is 38.8 Å². The largest absolute Gasteiger partial charge is 0.464 e. The number of aryl methyl sites for hydroxylation is 2. The Labute approximate surface area is 141 Å². The average molecular weight is 332 g/mol. The summed E-state index contributed by atoms with van der Waals surface area (Å²) in [6.45, 7) is 4.41. The molecule has 24 heavy (non-hydrogen) atoms. The van der Waals surface area contributed by atoms with Crippen LogP contribution in [0.15, 0.2) is 29.1 Å². The lowest BCUT2D eigenvalue weighted by Gasteiger charge is -2.30. The van der Waals surface area contributed by atoms with Gasteiger partial charge in [0.25, 0.3) is 0 Å². The number of carbonyl (C=O) groups excluding carboxylic acids is 1. The molecule has 2 aromatic rings. The fourth-order valence-corrected chi connectivity index (χ4v) is 2.99. The molecule has 3 heterocycles. The van der Waals surface area contributed by atoms with Crippen molar-refractivity contribution in [2.75, 3.05) is 6.61 Å². The van der Waals surface area contributed by atoms with Gasteiger partial charge < -0.3 is 24.4 Å². The molecule has 0 aromatic carbocycles. The van der Waals surface area contributed by atoms with E-state index in [4.69, 9.17) is 9.15 Å². The van der Waals surface area contributed by atoms with Crippen LogP contribution in [-0.4, -0.2) is 28.2 Å². The van der Waals surface area contributed by atoms with Gasteiger partial charge in [0.1, 0.15) is 17.6 Å². The van der Waals surface area contributed by atoms with Gasteiger partial charge in [0.2, 0.25) is 0 Å². The summed E-state index contributed by atoms with van der Waals surface area (Å²) in [5, 5.41) is 5.95. The minimum absolute atomic E-state index is 0.0401. The van der Waals surface area contributed by atoms with Gasteiger partial charge in [0, 0.05) is 19.7 Å².